The predicted octanol–water partition coefficient (Wildman–Crippen LogP) is 7.27. The summed E-state index contributed by atoms with van der Waals surface area (Å²) in [5.41, 5.74) is 12.6. The van der Waals surface area contributed by atoms with Gasteiger partial charge in [-0.05, 0) is 95.6 Å². The highest BCUT2D eigenvalue weighted by Crippen LogP contribution is 2.56. The highest BCUT2D eigenvalue weighted by atomic mass is 79.9. The first-order valence-corrected chi connectivity index (χ1v) is 13.7. The summed E-state index contributed by atoms with van der Waals surface area (Å²) < 4.78 is 1.10. The number of halogens is 1. The zero-order valence-corrected chi connectivity index (χ0v) is 21.6. The number of rotatable bonds is 4. The van der Waals surface area contributed by atoms with E-state index >= 15 is 0 Å². The first kappa shape index (κ1) is 22.3. The Hall–Kier alpha value is -2.17. The van der Waals surface area contributed by atoms with E-state index < -0.39 is 0 Å². The fraction of sp³-hybridized carbons (Fsp3) is 0.433. The molecule has 34 heavy (non-hydrogen) atoms. The quantitative estimate of drug-likeness (QED) is 0.283. The Balaban J connectivity index is 1.29. The number of nitrogen functional groups attached to an aromatic ring is 1. The maximum Gasteiger partial charge on any atom is 0.122 e. The number of likely N-dealkylation sites (N-methyl/N-ethyl adjacent to an activating group) is 1. The van der Waals surface area contributed by atoms with E-state index in [-0.39, 0.29) is 5.84 Å². The summed E-state index contributed by atoms with van der Waals surface area (Å²) in [7, 11) is 2.35. The molecule has 3 atom stereocenters. The second-order valence-corrected chi connectivity index (χ2v) is 11.7. The largest absolute Gasteiger partial charge is 0.384 e. The van der Waals surface area contributed by atoms with Gasteiger partial charge in [0.05, 0.1) is 0 Å². The van der Waals surface area contributed by atoms with Gasteiger partial charge in [0, 0.05) is 22.6 Å². The van der Waals surface area contributed by atoms with E-state index in [1.165, 1.54) is 68.0 Å². The third-order valence-electron chi connectivity index (χ3n) is 8.68. The molecule has 1 aliphatic heterocycles. The molecule has 2 fully saturated rings. The summed E-state index contributed by atoms with van der Waals surface area (Å²) in [6.45, 7) is 1.19. The van der Waals surface area contributed by atoms with Gasteiger partial charge in [0.1, 0.15) is 5.84 Å². The summed E-state index contributed by atoms with van der Waals surface area (Å²) in [6, 6.07) is 18.7. The Labute approximate surface area is 211 Å². The van der Waals surface area contributed by atoms with E-state index in [0.717, 1.165) is 21.3 Å². The third kappa shape index (κ3) is 3.99. The molecule has 2 aliphatic carbocycles. The lowest BCUT2D eigenvalue weighted by Gasteiger charge is -2.41. The highest BCUT2D eigenvalue weighted by molar-refractivity contribution is 9.10. The minimum atomic E-state index is 0.115. The summed E-state index contributed by atoms with van der Waals surface area (Å²) in [5, 5.41) is 10.1. The van der Waals surface area contributed by atoms with Crippen molar-refractivity contribution in [3.8, 4) is 0 Å². The van der Waals surface area contributed by atoms with E-state index in [0.29, 0.717) is 17.9 Å². The summed E-state index contributed by atoms with van der Waals surface area (Å²) in [5.74, 6) is 2.13. The molecule has 3 aromatic rings. The normalized spacial score (nSPS) is 25.3. The number of nitrogens with one attached hydrogen (secondary N) is 1. The summed E-state index contributed by atoms with van der Waals surface area (Å²) in [6.07, 6.45) is 9.41. The second-order valence-electron chi connectivity index (χ2n) is 10.8. The van der Waals surface area contributed by atoms with Crippen molar-refractivity contribution in [2.75, 3.05) is 13.6 Å². The molecule has 0 aromatic heterocycles. The number of fused-ring (bicyclic) bond motifs is 2. The van der Waals surface area contributed by atoms with Crippen molar-refractivity contribution >= 4 is 32.5 Å². The van der Waals surface area contributed by atoms with Gasteiger partial charge in [0.15, 0.2) is 0 Å². The Kier molecular flexibility index (Phi) is 5.77. The Morgan fingerprint density at radius 2 is 1.76 bits per heavy atom. The molecule has 6 rings (SSSR count). The van der Waals surface area contributed by atoms with Gasteiger partial charge in [0.2, 0.25) is 0 Å². The van der Waals surface area contributed by atoms with Crippen LogP contribution in [-0.4, -0.2) is 24.3 Å². The molecular weight excluding hydrogens is 482 g/mol. The van der Waals surface area contributed by atoms with E-state index in [4.69, 9.17) is 11.1 Å². The molecule has 0 spiro atoms. The van der Waals surface area contributed by atoms with E-state index in [1.54, 1.807) is 11.1 Å². The first-order chi connectivity index (χ1) is 16.5. The molecule has 176 valence electrons. The molecule has 3 nitrogen and oxygen atoms in total. The monoisotopic (exact) mass is 515 g/mol. The number of benzene rings is 3. The van der Waals surface area contributed by atoms with Crippen molar-refractivity contribution in [3.05, 3.63) is 80.8 Å². The van der Waals surface area contributed by atoms with E-state index in [1.807, 2.05) is 12.1 Å². The topological polar surface area (TPSA) is 53.1 Å². The van der Waals surface area contributed by atoms with Gasteiger partial charge >= 0.3 is 0 Å². The second kappa shape index (κ2) is 8.80. The van der Waals surface area contributed by atoms with Crippen LogP contribution in [0.15, 0.2) is 53.0 Å². The minimum Gasteiger partial charge on any atom is -0.384 e. The number of nitrogens with two attached hydrogens (primary N) is 1. The van der Waals surface area contributed by atoms with Crippen molar-refractivity contribution in [2.24, 2.45) is 11.7 Å². The smallest absolute Gasteiger partial charge is 0.122 e. The van der Waals surface area contributed by atoms with Gasteiger partial charge in [-0.15, -0.1) is 0 Å². The maximum atomic E-state index is 7.74. The zero-order valence-electron chi connectivity index (χ0n) is 20.0. The molecule has 3 unspecified atom stereocenters. The molecule has 4 heteroatoms. The van der Waals surface area contributed by atoms with Crippen molar-refractivity contribution < 1.29 is 0 Å². The zero-order chi connectivity index (χ0) is 23.4. The van der Waals surface area contributed by atoms with Gasteiger partial charge in [-0.25, -0.2) is 0 Å². The molecule has 0 amide bonds. The summed E-state index contributed by atoms with van der Waals surface area (Å²) >= 11 is 3.79. The van der Waals surface area contributed by atoms with Crippen molar-refractivity contribution in [2.45, 2.75) is 62.8 Å². The van der Waals surface area contributed by atoms with Crippen molar-refractivity contribution in [1.82, 2.24) is 4.90 Å². The van der Waals surface area contributed by atoms with Gasteiger partial charge in [-0.2, -0.15) is 0 Å². The van der Waals surface area contributed by atoms with Gasteiger partial charge in [-0.3, -0.25) is 10.3 Å². The number of hydrogen-bond donors (Lipinski definition) is 2. The lowest BCUT2D eigenvalue weighted by atomic mass is 9.77. The minimum absolute atomic E-state index is 0.115. The van der Waals surface area contributed by atoms with Gasteiger partial charge in [0.25, 0.3) is 0 Å². The van der Waals surface area contributed by atoms with Crippen molar-refractivity contribution in [1.29, 1.82) is 5.41 Å². The van der Waals surface area contributed by atoms with Crippen LogP contribution in [0.4, 0.5) is 0 Å². The molecule has 1 heterocycles. The molecule has 3 aromatic carbocycles. The molecule has 3 aliphatic rings. The molecule has 2 saturated carbocycles. The van der Waals surface area contributed by atoms with Crippen LogP contribution < -0.4 is 5.73 Å². The number of nitrogens with zero attached hydrogens (tertiary/aromatic N) is 1. The van der Waals surface area contributed by atoms with E-state index in [2.05, 4.69) is 64.3 Å². The van der Waals surface area contributed by atoms with Gasteiger partial charge < -0.3 is 5.73 Å². The summed E-state index contributed by atoms with van der Waals surface area (Å²) in [4.78, 5) is 2.64. The highest BCUT2D eigenvalue weighted by Gasteiger charge is 2.41. The molecule has 0 bridgehead atoms. The Morgan fingerprint density at radius 3 is 2.56 bits per heavy atom. The Bertz CT molecular complexity index is 1260. The number of amidine groups is 1. The lowest BCUT2D eigenvalue weighted by Crippen LogP contribution is -2.37. The van der Waals surface area contributed by atoms with E-state index in [9.17, 15) is 0 Å². The van der Waals surface area contributed by atoms with Crippen LogP contribution >= 0.6 is 15.9 Å². The predicted molar refractivity (Wildman–Crippen MR) is 145 cm³/mol. The molecular formula is C30H34BrN3. The molecule has 3 N–H and O–H groups in total. The van der Waals surface area contributed by atoms with Gasteiger partial charge in [-0.1, -0.05) is 71.6 Å². The SMILES string of the molecule is CN1CCc2ccc(C3CC3c3cc(Br)c4cc(C(=N)N)ccc4c3)cc2C1C1CCCCC1. The van der Waals surface area contributed by atoms with Crippen LogP contribution in [0.3, 0.4) is 0 Å². The van der Waals surface area contributed by atoms with Crippen LogP contribution in [0.1, 0.15) is 84.2 Å². The van der Waals surface area contributed by atoms with Crippen LogP contribution in [0.2, 0.25) is 0 Å². The maximum absolute atomic E-state index is 7.74. The average molecular weight is 517 g/mol. The Morgan fingerprint density at radius 1 is 0.971 bits per heavy atom. The van der Waals surface area contributed by atoms with Crippen LogP contribution in [-0.2, 0) is 6.42 Å². The standard InChI is InChI=1S/C30H34BrN3/c1-34-12-11-18-7-8-21(14-27(18)29(34)19-5-3-2-4-6-19)24-17-25(24)23-13-20-9-10-22(30(32)33)15-26(20)28(31)16-23/h7-10,13-16,19,24-25,29H,2-6,11-12,17H2,1H3,(H3,32,33). The third-order valence-corrected chi connectivity index (χ3v) is 9.33. The number of hydrogen-bond acceptors (Lipinski definition) is 2. The van der Waals surface area contributed by atoms with Crippen LogP contribution in [0.5, 0.6) is 0 Å². The fourth-order valence-corrected chi connectivity index (χ4v) is 7.34. The van der Waals surface area contributed by atoms with Crippen LogP contribution in [0, 0.1) is 11.3 Å². The molecule has 0 radical (unpaired) electrons. The lowest BCUT2D eigenvalue weighted by molar-refractivity contribution is 0.134. The van der Waals surface area contributed by atoms with Crippen LogP contribution in [0.25, 0.3) is 10.8 Å². The fourth-order valence-electron chi connectivity index (χ4n) is 6.73. The van der Waals surface area contributed by atoms with Crippen molar-refractivity contribution in [3.63, 3.8) is 0 Å². The molecule has 0 saturated heterocycles. The first-order valence-electron chi connectivity index (χ1n) is 12.9. The average Bonchev–Trinajstić information content (AvgIpc) is 3.65.